The van der Waals surface area contributed by atoms with E-state index >= 15 is 0 Å². The number of hydrogen-bond acceptors (Lipinski definition) is 2. The van der Waals surface area contributed by atoms with E-state index in [1.807, 2.05) is 0 Å². The number of amidine groups is 1. The molecule has 3 nitrogen and oxygen atoms in total. The van der Waals surface area contributed by atoms with Crippen LogP contribution in [-0.4, -0.2) is 25.6 Å². The summed E-state index contributed by atoms with van der Waals surface area (Å²) in [6.45, 7) is 3.77. The maximum Gasteiger partial charge on any atom is 0.353 e. The zero-order valence-corrected chi connectivity index (χ0v) is 7.10. The first-order valence-electron chi connectivity index (χ1n) is 3.34. The number of aliphatic imine (C=N–C) groups is 1. The molecule has 0 aromatic rings. The Morgan fingerprint density at radius 3 is 2.67 bits per heavy atom. The second-order valence-electron chi connectivity index (χ2n) is 2.12. The van der Waals surface area contributed by atoms with Crippen molar-refractivity contribution in [2.24, 2.45) is 4.99 Å². The van der Waals surface area contributed by atoms with Crippen LogP contribution < -0.4 is 5.32 Å². The molecule has 0 atom stereocenters. The number of ether oxygens (including phenoxy) is 1. The lowest BCUT2D eigenvalue weighted by Crippen LogP contribution is -2.28. The SMILES string of the molecule is C=CNC(COC(C)(F)F)=NC. The summed E-state index contributed by atoms with van der Waals surface area (Å²) in [6.07, 6.45) is -1.78. The number of nitrogens with one attached hydrogen (secondary N) is 1. The molecule has 0 aromatic carbocycles. The minimum Gasteiger partial charge on any atom is -0.349 e. The molecule has 0 amide bonds. The Labute approximate surface area is 70.1 Å². The van der Waals surface area contributed by atoms with Crippen LogP contribution in [0, 0.1) is 0 Å². The van der Waals surface area contributed by atoms with Crippen molar-refractivity contribution in [1.82, 2.24) is 5.32 Å². The third-order valence-corrected chi connectivity index (χ3v) is 1.00. The normalized spacial score (nSPS) is 12.8. The van der Waals surface area contributed by atoms with Gasteiger partial charge in [-0.2, -0.15) is 8.78 Å². The van der Waals surface area contributed by atoms with Gasteiger partial charge < -0.3 is 10.1 Å². The van der Waals surface area contributed by atoms with Crippen molar-refractivity contribution in [3.8, 4) is 0 Å². The largest absolute Gasteiger partial charge is 0.353 e. The van der Waals surface area contributed by atoms with Crippen LogP contribution in [0.3, 0.4) is 0 Å². The predicted octanol–water partition coefficient (Wildman–Crippen LogP) is 1.38. The first-order chi connectivity index (χ1) is 5.49. The number of alkyl halides is 2. The van der Waals surface area contributed by atoms with Crippen LogP contribution in [0.2, 0.25) is 0 Å². The Kier molecular flexibility index (Phi) is 4.43. The van der Waals surface area contributed by atoms with Crippen LogP contribution in [-0.2, 0) is 4.74 Å². The van der Waals surface area contributed by atoms with Crippen LogP contribution >= 0.6 is 0 Å². The van der Waals surface area contributed by atoms with Crippen LogP contribution in [0.25, 0.3) is 0 Å². The van der Waals surface area contributed by atoms with E-state index in [9.17, 15) is 8.78 Å². The van der Waals surface area contributed by atoms with Gasteiger partial charge in [-0.25, -0.2) is 0 Å². The molecule has 0 spiro atoms. The van der Waals surface area contributed by atoms with Gasteiger partial charge in [0.1, 0.15) is 12.4 Å². The molecule has 0 unspecified atom stereocenters. The molecule has 0 heterocycles. The standard InChI is InChI=1S/C7H12F2N2O/c1-4-11-6(10-3)5-12-7(2,8)9/h4H,1,5H2,2-3H3,(H,10,11). The molecule has 0 rings (SSSR count). The van der Waals surface area contributed by atoms with Crippen LogP contribution in [0.1, 0.15) is 6.92 Å². The van der Waals surface area contributed by atoms with Crippen molar-refractivity contribution in [3.63, 3.8) is 0 Å². The highest BCUT2D eigenvalue weighted by Crippen LogP contribution is 2.12. The number of halogens is 2. The molecule has 0 saturated heterocycles. The van der Waals surface area contributed by atoms with E-state index in [2.05, 4.69) is 21.6 Å². The summed E-state index contributed by atoms with van der Waals surface area (Å²) in [5.41, 5.74) is 0. The van der Waals surface area contributed by atoms with Crippen molar-refractivity contribution in [3.05, 3.63) is 12.8 Å². The minimum absolute atomic E-state index is 0.258. The van der Waals surface area contributed by atoms with E-state index in [4.69, 9.17) is 0 Å². The van der Waals surface area contributed by atoms with E-state index in [1.54, 1.807) is 0 Å². The summed E-state index contributed by atoms with van der Waals surface area (Å²) in [7, 11) is 1.48. The molecule has 0 fully saturated rings. The zero-order chi connectivity index (χ0) is 9.61. The van der Waals surface area contributed by atoms with Gasteiger partial charge in [0.05, 0.1) is 0 Å². The number of nitrogens with zero attached hydrogens (tertiary/aromatic N) is 1. The van der Waals surface area contributed by atoms with Gasteiger partial charge in [-0.15, -0.1) is 0 Å². The van der Waals surface area contributed by atoms with E-state index in [0.29, 0.717) is 12.8 Å². The van der Waals surface area contributed by atoms with E-state index < -0.39 is 6.11 Å². The summed E-state index contributed by atoms with van der Waals surface area (Å²) in [5.74, 6) is 0.312. The lowest BCUT2D eigenvalue weighted by Gasteiger charge is -2.12. The molecule has 12 heavy (non-hydrogen) atoms. The fraction of sp³-hybridized carbons (Fsp3) is 0.571. The zero-order valence-electron chi connectivity index (χ0n) is 7.10. The maximum absolute atomic E-state index is 12.1. The second-order valence-corrected chi connectivity index (χ2v) is 2.12. The summed E-state index contributed by atoms with van der Waals surface area (Å²) in [5, 5.41) is 2.56. The van der Waals surface area contributed by atoms with Crippen LogP contribution in [0.5, 0.6) is 0 Å². The highest BCUT2D eigenvalue weighted by molar-refractivity contribution is 5.84. The van der Waals surface area contributed by atoms with Gasteiger partial charge in [-0.05, 0) is 6.20 Å². The molecule has 0 bridgehead atoms. The Hall–Kier alpha value is -0.970. The summed E-state index contributed by atoms with van der Waals surface area (Å²) < 4.78 is 28.4. The summed E-state index contributed by atoms with van der Waals surface area (Å²) >= 11 is 0. The molecule has 70 valence electrons. The van der Waals surface area contributed by atoms with E-state index in [-0.39, 0.29) is 6.61 Å². The maximum atomic E-state index is 12.1. The third kappa shape index (κ3) is 5.79. The van der Waals surface area contributed by atoms with Gasteiger partial charge in [-0.3, -0.25) is 4.99 Å². The smallest absolute Gasteiger partial charge is 0.349 e. The van der Waals surface area contributed by atoms with Crippen LogP contribution in [0.15, 0.2) is 17.8 Å². The lowest BCUT2D eigenvalue weighted by atomic mass is 10.6. The van der Waals surface area contributed by atoms with Gasteiger partial charge >= 0.3 is 6.11 Å². The third-order valence-electron chi connectivity index (χ3n) is 1.00. The summed E-state index contributed by atoms with van der Waals surface area (Å²) in [4.78, 5) is 3.66. The molecule has 1 N–H and O–H groups in total. The predicted molar refractivity (Wildman–Crippen MR) is 43.3 cm³/mol. The molecular formula is C7H12F2N2O. The molecule has 0 aromatic heterocycles. The number of rotatable bonds is 4. The van der Waals surface area contributed by atoms with Crippen molar-refractivity contribution in [2.75, 3.05) is 13.7 Å². The van der Waals surface area contributed by atoms with Gasteiger partial charge in [0.15, 0.2) is 0 Å². The molecule has 0 saturated carbocycles. The Morgan fingerprint density at radius 2 is 2.33 bits per heavy atom. The highest BCUT2D eigenvalue weighted by atomic mass is 19.3. The van der Waals surface area contributed by atoms with Gasteiger partial charge in [-0.1, -0.05) is 6.58 Å². The monoisotopic (exact) mass is 178 g/mol. The Balaban J connectivity index is 3.82. The second kappa shape index (κ2) is 4.82. The lowest BCUT2D eigenvalue weighted by molar-refractivity contribution is -0.214. The summed E-state index contributed by atoms with van der Waals surface area (Å²) in [6, 6.07) is 0. The quantitative estimate of drug-likeness (QED) is 0.521. The Bertz CT molecular complexity index is 175. The average molecular weight is 178 g/mol. The number of hydrogen-bond donors (Lipinski definition) is 1. The molecule has 0 aliphatic heterocycles. The molecule has 0 radical (unpaired) electrons. The van der Waals surface area contributed by atoms with Crippen molar-refractivity contribution in [1.29, 1.82) is 0 Å². The van der Waals surface area contributed by atoms with E-state index in [0.717, 1.165) is 0 Å². The first-order valence-corrected chi connectivity index (χ1v) is 3.34. The first kappa shape index (κ1) is 11.0. The fourth-order valence-electron chi connectivity index (χ4n) is 0.484. The van der Waals surface area contributed by atoms with Crippen molar-refractivity contribution < 1.29 is 13.5 Å². The topological polar surface area (TPSA) is 33.6 Å². The van der Waals surface area contributed by atoms with Crippen LogP contribution in [0.4, 0.5) is 8.78 Å². The minimum atomic E-state index is -3.13. The van der Waals surface area contributed by atoms with Crippen molar-refractivity contribution >= 4 is 5.84 Å². The molecule has 0 aliphatic carbocycles. The molecule has 5 heteroatoms. The fourth-order valence-corrected chi connectivity index (χ4v) is 0.484. The van der Waals surface area contributed by atoms with Gasteiger partial charge in [0, 0.05) is 14.0 Å². The molecular weight excluding hydrogens is 166 g/mol. The Morgan fingerprint density at radius 1 is 1.75 bits per heavy atom. The van der Waals surface area contributed by atoms with Gasteiger partial charge in [0.2, 0.25) is 0 Å². The van der Waals surface area contributed by atoms with Gasteiger partial charge in [0.25, 0.3) is 0 Å². The van der Waals surface area contributed by atoms with E-state index in [1.165, 1.54) is 13.2 Å². The average Bonchev–Trinajstić information content (AvgIpc) is 1.96. The molecule has 0 aliphatic rings. The highest BCUT2D eigenvalue weighted by Gasteiger charge is 2.21. The van der Waals surface area contributed by atoms with Crippen molar-refractivity contribution in [2.45, 2.75) is 13.0 Å².